The molecule has 0 radical (unpaired) electrons. The number of aliphatic carboxylic acids is 1. The number of nitrogens with one attached hydrogen (secondary N) is 1. The van der Waals surface area contributed by atoms with Crippen LogP contribution in [0.15, 0.2) is 18.2 Å². The van der Waals surface area contributed by atoms with Crippen molar-refractivity contribution in [1.82, 2.24) is 5.32 Å². The van der Waals surface area contributed by atoms with E-state index in [-0.39, 0.29) is 12.0 Å². The minimum absolute atomic E-state index is 0.0845. The molecule has 0 unspecified atom stereocenters. The third-order valence-electron chi connectivity index (χ3n) is 2.39. The standard InChI is InChI=1S/C12H14N2O6S2/c15-10-2-1-8(7-9(10)14(19)20)12(18)13-4-6-22-21-5-3-11(16)17/h1-2,7,15H,3-6H2,(H,13,18)(H,16,17). The maximum Gasteiger partial charge on any atom is 0.311 e. The third kappa shape index (κ3) is 6.22. The molecule has 0 fully saturated rings. The molecule has 1 aromatic rings. The summed E-state index contributed by atoms with van der Waals surface area (Å²) < 4.78 is 0. The number of benzene rings is 1. The van der Waals surface area contributed by atoms with Crippen molar-refractivity contribution in [2.75, 3.05) is 18.1 Å². The summed E-state index contributed by atoms with van der Waals surface area (Å²) in [6.07, 6.45) is 0.0845. The number of hydrogen-bond donors (Lipinski definition) is 3. The Labute approximate surface area is 133 Å². The van der Waals surface area contributed by atoms with Crippen LogP contribution < -0.4 is 5.32 Å². The average Bonchev–Trinajstić information content (AvgIpc) is 2.45. The van der Waals surface area contributed by atoms with Crippen molar-refractivity contribution in [1.29, 1.82) is 0 Å². The molecule has 0 spiro atoms. The summed E-state index contributed by atoms with van der Waals surface area (Å²) in [5, 5.41) is 31.0. The van der Waals surface area contributed by atoms with Crippen molar-refractivity contribution in [3.05, 3.63) is 33.9 Å². The summed E-state index contributed by atoms with van der Waals surface area (Å²) in [5.74, 6) is -0.754. The Balaban J connectivity index is 2.35. The van der Waals surface area contributed by atoms with E-state index < -0.39 is 28.2 Å². The van der Waals surface area contributed by atoms with Gasteiger partial charge in [-0.3, -0.25) is 19.7 Å². The average molecular weight is 346 g/mol. The van der Waals surface area contributed by atoms with Gasteiger partial charge in [-0.1, -0.05) is 21.6 Å². The molecular formula is C12H14N2O6S2. The lowest BCUT2D eigenvalue weighted by atomic mass is 10.2. The van der Waals surface area contributed by atoms with Crippen LogP contribution in [0, 0.1) is 10.1 Å². The number of phenols is 1. The van der Waals surface area contributed by atoms with Gasteiger partial charge in [0.25, 0.3) is 5.91 Å². The first-order chi connectivity index (χ1) is 10.4. The van der Waals surface area contributed by atoms with Crippen molar-refractivity contribution in [3.8, 4) is 5.75 Å². The first kappa shape index (κ1) is 18.1. The lowest BCUT2D eigenvalue weighted by Gasteiger charge is -2.05. The molecular weight excluding hydrogens is 332 g/mol. The smallest absolute Gasteiger partial charge is 0.311 e. The zero-order valence-electron chi connectivity index (χ0n) is 11.4. The number of nitrogens with zero attached hydrogens (tertiary/aromatic N) is 1. The van der Waals surface area contributed by atoms with Crippen LogP contribution in [0.25, 0.3) is 0 Å². The van der Waals surface area contributed by atoms with Gasteiger partial charge in [0, 0.05) is 29.7 Å². The first-order valence-corrected chi connectivity index (χ1v) is 8.62. The molecule has 0 aromatic heterocycles. The van der Waals surface area contributed by atoms with Crippen molar-refractivity contribution in [2.45, 2.75) is 6.42 Å². The Kier molecular flexibility index (Phi) is 7.54. The molecule has 22 heavy (non-hydrogen) atoms. The zero-order valence-corrected chi connectivity index (χ0v) is 13.0. The van der Waals surface area contributed by atoms with E-state index in [9.17, 15) is 24.8 Å². The van der Waals surface area contributed by atoms with Crippen LogP contribution >= 0.6 is 21.6 Å². The van der Waals surface area contributed by atoms with Crippen LogP contribution in [0.1, 0.15) is 16.8 Å². The monoisotopic (exact) mass is 346 g/mol. The first-order valence-electron chi connectivity index (χ1n) is 6.13. The summed E-state index contributed by atoms with van der Waals surface area (Å²) in [6.45, 7) is 0.345. The highest BCUT2D eigenvalue weighted by Crippen LogP contribution is 2.26. The number of carboxylic acids is 1. The molecule has 0 saturated carbocycles. The number of aromatic hydroxyl groups is 1. The molecule has 1 rings (SSSR count). The molecule has 0 atom stereocenters. The van der Waals surface area contributed by atoms with Gasteiger partial charge in [-0.05, 0) is 12.1 Å². The van der Waals surface area contributed by atoms with Crippen molar-refractivity contribution in [2.24, 2.45) is 0 Å². The molecule has 0 bridgehead atoms. The molecule has 10 heteroatoms. The van der Waals surface area contributed by atoms with E-state index >= 15 is 0 Å². The Hall–Kier alpha value is -1.94. The molecule has 8 nitrogen and oxygen atoms in total. The van der Waals surface area contributed by atoms with Crippen LogP contribution in [-0.4, -0.2) is 45.1 Å². The van der Waals surface area contributed by atoms with Crippen molar-refractivity contribution in [3.63, 3.8) is 0 Å². The number of carbonyl (C=O) groups excluding carboxylic acids is 1. The molecule has 1 amide bonds. The SMILES string of the molecule is O=C(O)CCSSCCNC(=O)c1ccc(O)c([N+](=O)[O-])c1. The maximum absolute atomic E-state index is 11.8. The highest BCUT2D eigenvalue weighted by atomic mass is 33.1. The number of phenolic OH excluding ortho intramolecular Hbond substituents is 1. The number of hydrogen-bond acceptors (Lipinski definition) is 7. The number of carbonyl (C=O) groups is 2. The lowest BCUT2D eigenvalue weighted by Crippen LogP contribution is -2.25. The number of amides is 1. The predicted octanol–water partition coefficient (Wildman–Crippen LogP) is 1.89. The molecule has 3 N–H and O–H groups in total. The molecule has 0 aliphatic rings. The summed E-state index contributed by atoms with van der Waals surface area (Å²) in [6, 6.07) is 3.41. The van der Waals surface area contributed by atoms with Crippen molar-refractivity contribution >= 4 is 39.2 Å². The van der Waals surface area contributed by atoms with Crippen molar-refractivity contribution < 1.29 is 24.7 Å². The van der Waals surface area contributed by atoms with Gasteiger partial charge >= 0.3 is 11.7 Å². The van der Waals surface area contributed by atoms with E-state index in [2.05, 4.69) is 5.32 Å². The van der Waals surface area contributed by atoms with Crippen LogP contribution in [0.2, 0.25) is 0 Å². The Morgan fingerprint density at radius 2 is 1.95 bits per heavy atom. The highest BCUT2D eigenvalue weighted by molar-refractivity contribution is 8.76. The second-order valence-corrected chi connectivity index (χ2v) is 6.71. The second kappa shape index (κ2) is 9.15. The van der Waals surface area contributed by atoms with E-state index in [1.165, 1.54) is 27.7 Å². The van der Waals surface area contributed by atoms with E-state index in [1.54, 1.807) is 0 Å². The number of carboxylic acid groups (broad SMARTS) is 1. The van der Waals surface area contributed by atoms with Crippen LogP contribution in [0.3, 0.4) is 0 Å². The van der Waals surface area contributed by atoms with Gasteiger partial charge in [0.2, 0.25) is 0 Å². The topological polar surface area (TPSA) is 130 Å². The second-order valence-electron chi connectivity index (χ2n) is 4.00. The quantitative estimate of drug-likeness (QED) is 0.267. The number of rotatable bonds is 9. The third-order valence-corrected chi connectivity index (χ3v) is 4.80. The number of nitro groups is 1. The summed E-state index contributed by atoms with van der Waals surface area (Å²) in [4.78, 5) is 32.0. The fourth-order valence-electron chi connectivity index (χ4n) is 1.37. The summed E-state index contributed by atoms with van der Waals surface area (Å²) in [5.41, 5.74) is -0.431. The highest BCUT2D eigenvalue weighted by Gasteiger charge is 2.16. The van der Waals surface area contributed by atoms with Gasteiger partial charge in [0.05, 0.1) is 11.3 Å². The summed E-state index contributed by atoms with van der Waals surface area (Å²) >= 11 is 0. The largest absolute Gasteiger partial charge is 0.502 e. The fourth-order valence-corrected chi connectivity index (χ4v) is 3.25. The van der Waals surface area contributed by atoms with Gasteiger partial charge in [-0.25, -0.2) is 0 Å². The molecule has 1 aromatic carbocycles. The van der Waals surface area contributed by atoms with Gasteiger partial charge < -0.3 is 15.5 Å². The minimum atomic E-state index is -0.852. The predicted molar refractivity (Wildman–Crippen MR) is 84.3 cm³/mol. The van der Waals surface area contributed by atoms with E-state index in [1.807, 2.05) is 0 Å². The van der Waals surface area contributed by atoms with Crippen LogP contribution in [0.5, 0.6) is 5.75 Å². The Morgan fingerprint density at radius 3 is 2.59 bits per heavy atom. The van der Waals surface area contributed by atoms with E-state index in [4.69, 9.17) is 5.11 Å². The van der Waals surface area contributed by atoms with Gasteiger partial charge in [-0.15, -0.1) is 0 Å². The van der Waals surface area contributed by atoms with Gasteiger partial charge in [-0.2, -0.15) is 0 Å². The van der Waals surface area contributed by atoms with Crippen LogP contribution in [-0.2, 0) is 4.79 Å². The molecule has 120 valence electrons. The summed E-state index contributed by atoms with van der Waals surface area (Å²) in [7, 11) is 2.83. The molecule has 0 aliphatic carbocycles. The van der Waals surface area contributed by atoms with Gasteiger partial charge in [0.1, 0.15) is 0 Å². The normalized spacial score (nSPS) is 10.2. The van der Waals surface area contributed by atoms with E-state index in [0.717, 1.165) is 12.1 Å². The fraction of sp³-hybridized carbons (Fsp3) is 0.333. The zero-order chi connectivity index (χ0) is 16.5. The maximum atomic E-state index is 11.8. The van der Waals surface area contributed by atoms with Crippen LogP contribution in [0.4, 0.5) is 5.69 Å². The molecule has 0 heterocycles. The van der Waals surface area contributed by atoms with E-state index in [0.29, 0.717) is 18.1 Å². The number of nitro benzene ring substituents is 1. The minimum Gasteiger partial charge on any atom is -0.502 e. The Morgan fingerprint density at radius 1 is 1.27 bits per heavy atom. The van der Waals surface area contributed by atoms with Gasteiger partial charge in [0.15, 0.2) is 5.75 Å². The molecule has 0 saturated heterocycles. The lowest BCUT2D eigenvalue weighted by molar-refractivity contribution is -0.385. The Bertz CT molecular complexity index is 567. The molecule has 0 aliphatic heterocycles.